The van der Waals surface area contributed by atoms with Crippen LogP contribution in [0.3, 0.4) is 0 Å². The fraction of sp³-hybridized carbons (Fsp3) is 0.435. The third kappa shape index (κ3) is 4.67. The number of carbonyl (C=O) groups excluding carboxylic acids is 1. The van der Waals surface area contributed by atoms with Crippen LogP contribution in [0.1, 0.15) is 52.3 Å². The summed E-state index contributed by atoms with van der Waals surface area (Å²) in [5.74, 6) is 0.321. The van der Waals surface area contributed by atoms with E-state index in [1.807, 2.05) is 18.9 Å². The quantitative estimate of drug-likeness (QED) is 0.579. The highest BCUT2D eigenvalue weighted by atomic mass is 32.2. The van der Waals surface area contributed by atoms with Crippen LogP contribution < -0.4 is 4.72 Å². The van der Waals surface area contributed by atoms with Crippen LogP contribution in [0.2, 0.25) is 0 Å². The third-order valence-electron chi connectivity index (χ3n) is 6.12. The number of aromatic nitrogens is 3. The van der Waals surface area contributed by atoms with E-state index in [2.05, 4.69) is 14.7 Å². The van der Waals surface area contributed by atoms with Crippen LogP contribution in [0.15, 0.2) is 29.3 Å². The molecule has 0 unspecified atom stereocenters. The van der Waals surface area contributed by atoms with Gasteiger partial charge in [0.1, 0.15) is 20.6 Å². The molecule has 3 aromatic heterocycles. The van der Waals surface area contributed by atoms with Crippen molar-refractivity contribution in [3.63, 3.8) is 0 Å². The summed E-state index contributed by atoms with van der Waals surface area (Å²) in [6.07, 6.45) is 5.91. The highest BCUT2D eigenvalue weighted by molar-refractivity contribution is 7.92. The molecule has 0 bridgehead atoms. The minimum atomic E-state index is -3.85. The molecule has 0 aliphatic carbocycles. The Kier molecular flexibility index (Phi) is 6.58. The number of sulfonamides is 1. The Balaban J connectivity index is 1.66. The van der Waals surface area contributed by atoms with Gasteiger partial charge in [-0.15, -0.1) is 11.3 Å². The van der Waals surface area contributed by atoms with Crippen LogP contribution >= 0.6 is 11.3 Å². The number of thiazole rings is 1. The summed E-state index contributed by atoms with van der Waals surface area (Å²) in [5.41, 5.74) is 2.66. The van der Waals surface area contributed by atoms with Crippen molar-refractivity contribution >= 4 is 33.1 Å². The van der Waals surface area contributed by atoms with Crippen molar-refractivity contribution in [1.29, 1.82) is 0 Å². The fourth-order valence-electron chi connectivity index (χ4n) is 4.05. The lowest BCUT2D eigenvalue weighted by molar-refractivity contribution is 0.0765. The van der Waals surface area contributed by atoms with Crippen molar-refractivity contribution in [1.82, 2.24) is 19.4 Å². The molecule has 1 fully saturated rings. The van der Waals surface area contributed by atoms with Gasteiger partial charge in [-0.25, -0.2) is 18.4 Å². The Morgan fingerprint density at radius 3 is 2.48 bits per heavy atom. The van der Waals surface area contributed by atoms with Crippen LogP contribution in [0.5, 0.6) is 0 Å². The van der Waals surface area contributed by atoms with E-state index in [1.165, 1.54) is 11.3 Å². The topological polar surface area (TPSA) is 97.2 Å². The second-order valence-corrected chi connectivity index (χ2v) is 11.1. The summed E-state index contributed by atoms with van der Waals surface area (Å²) in [7, 11) is -2.04. The van der Waals surface area contributed by atoms with Gasteiger partial charge in [-0.3, -0.25) is 9.52 Å². The van der Waals surface area contributed by atoms with Crippen LogP contribution in [-0.4, -0.2) is 46.8 Å². The first kappa shape index (κ1) is 23.4. The molecular formula is C23H29N5O3S2. The number of hydrogen-bond acceptors (Lipinski definition) is 6. The van der Waals surface area contributed by atoms with Gasteiger partial charge in [-0.05, 0) is 51.3 Å². The number of amides is 1. The van der Waals surface area contributed by atoms with Crippen LogP contribution in [0.4, 0.5) is 5.82 Å². The van der Waals surface area contributed by atoms with E-state index in [1.54, 1.807) is 42.8 Å². The fourth-order valence-corrected chi connectivity index (χ4v) is 6.50. The zero-order chi connectivity index (χ0) is 23.8. The molecule has 33 heavy (non-hydrogen) atoms. The molecule has 4 rings (SSSR count). The van der Waals surface area contributed by atoms with Gasteiger partial charge in [0, 0.05) is 32.0 Å². The monoisotopic (exact) mass is 487 g/mol. The molecule has 176 valence electrons. The molecule has 1 aliphatic heterocycles. The van der Waals surface area contributed by atoms with Gasteiger partial charge in [0.15, 0.2) is 0 Å². The maximum absolute atomic E-state index is 13.1. The van der Waals surface area contributed by atoms with Crippen LogP contribution in [-0.2, 0) is 17.1 Å². The Morgan fingerprint density at radius 1 is 1.12 bits per heavy atom. The number of hydrogen-bond donors (Lipinski definition) is 1. The number of aryl methyl sites for hydroxylation is 2. The molecule has 0 saturated carbocycles. The van der Waals surface area contributed by atoms with Crippen molar-refractivity contribution in [3.05, 3.63) is 46.2 Å². The molecule has 0 spiro atoms. The number of nitrogens with zero attached hydrogens (tertiary/aromatic N) is 4. The Bertz CT molecular complexity index is 1290. The lowest BCUT2D eigenvalue weighted by Crippen LogP contribution is -2.31. The Morgan fingerprint density at radius 2 is 1.82 bits per heavy atom. The summed E-state index contributed by atoms with van der Waals surface area (Å²) in [4.78, 5) is 24.6. The average Bonchev–Trinajstić information content (AvgIpc) is 3.15. The molecule has 1 N–H and O–H groups in total. The summed E-state index contributed by atoms with van der Waals surface area (Å²) >= 11 is 1.32. The largest absolute Gasteiger partial charge is 0.345 e. The first-order chi connectivity index (χ1) is 15.7. The molecule has 1 saturated heterocycles. The molecule has 0 atom stereocenters. The zero-order valence-corrected chi connectivity index (χ0v) is 21.0. The normalized spacial score (nSPS) is 14.8. The maximum atomic E-state index is 13.1. The number of rotatable bonds is 5. The van der Waals surface area contributed by atoms with Crippen molar-refractivity contribution in [2.24, 2.45) is 7.05 Å². The van der Waals surface area contributed by atoms with E-state index in [0.29, 0.717) is 32.8 Å². The SMILES string of the molecule is Cc1cccnc1NS(=O)(=O)c1cc(-c2nc(C)c(C(=O)N3CCCCCC3)s2)n(C)c1C. The van der Waals surface area contributed by atoms with Gasteiger partial charge in [0.2, 0.25) is 0 Å². The van der Waals surface area contributed by atoms with Crippen LogP contribution in [0, 0.1) is 20.8 Å². The van der Waals surface area contributed by atoms with Gasteiger partial charge in [0.25, 0.3) is 15.9 Å². The predicted octanol–water partition coefficient (Wildman–Crippen LogP) is 4.29. The summed E-state index contributed by atoms with van der Waals surface area (Å²) in [6, 6.07) is 5.18. The van der Waals surface area contributed by atoms with Gasteiger partial charge in [-0.2, -0.15) is 0 Å². The number of anilines is 1. The molecule has 1 amide bonds. The standard InChI is InChI=1S/C23H29N5O3S2/c1-15-10-9-11-24-21(15)26-33(30,31)19-14-18(27(4)17(19)3)22-25-16(2)20(32-22)23(29)28-12-7-5-6-8-13-28/h9-11,14H,5-8,12-13H2,1-4H3,(H,24,26). The number of likely N-dealkylation sites (tertiary alicyclic amines) is 1. The minimum absolute atomic E-state index is 0.0178. The van der Waals surface area contributed by atoms with Crippen molar-refractivity contribution in [3.8, 4) is 10.7 Å². The lowest BCUT2D eigenvalue weighted by atomic mass is 10.2. The molecule has 0 aromatic carbocycles. The molecule has 8 nitrogen and oxygen atoms in total. The number of carbonyl (C=O) groups is 1. The second-order valence-electron chi connectivity index (χ2n) is 8.45. The third-order valence-corrected chi connectivity index (χ3v) is 8.74. The van der Waals surface area contributed by atoms with Crippen molar-refractivity contribution < 1.29 is 13.2 Å². The Labute approximate surface area is 198 Å². The highest BCUT2D eigenvalue weighted by Crippen LogP contribution is 2.33. The predicted molar refractivity (Wildman–Crippen MR) is 130 cm³/mol. The lowest BCUT2D eigenvalue weighted by Gasteiger charge is -2.19. The highest BCUT2D eigenvalue weighted by Gasteiger charge is 2.27. The van der Waals surface area contributed by atoms with Crippen molar-refractivity contribution in [2.45, 2.75) is 51.3 Å². The van der Waals surface area contributed by atoms with Gasteiger partial charge in [0.05, 0.1) is 11.4 Å². The average molecular weight is 488 g/mol. The molecular weight excluding hydrogens is 458 g/mol. The summed E-state index contributed by atoms with van der Waals surface area (Å²) in [6.45, 7) is 6.94. The van der Waals surface area contributed by atoms with E-state index in [0.717, 1.165) is 44.3 Å². The molecule has 4 heterocycles. The van der Waals surface area contributed by atoms with E-state index < -0.39 is 10.0 Å². The second kappa shape index (κ2) is 9.26. The van der Waals surface area contributed by atoms with Crippen molar-refractivity contribution in [2.75, 3.05) is 17.8 Å². The van der Waals surface area contributed by atoms with E-state index >= 15 is 0 Å². The van der Waals surface area contributed by atoms with Gasteiger partial charge in [-0.1, -0.05) is 18.9 Å². The van der Waals surface area contributed by atoms with E-state index in [-0.39, 0.29) is 10.8 Å². The van der Waals surface area contributed by atoms with E-state index in [9.17, 15) is 13.2 Å². The molecule has 0 radical (unpaired) electrons. The first-order valence-corrected chi connectivity index (χ1v) is 13.4. The Hall–Kier alpha value is -2.72. The molecule has 10 heteroatoms. The maximum Gasteiger partial charge on any atom is 0.265 e. The van der Waals surface area contributed by atoms with Gasteiger partial charge >= 0.3 is 0 Å². The van der Waals surface area contributed by atoms with E-state index in [4.69, 9.17) is 0 Å². The van der Waals surface area contributed by atoms with Gasteiger partial charge < -0.3 is 9.47 Å². The first-order valence-electron chi connectivity index (χ1n) is 11.1. The zero-order valence-electron chi connectivity index (χ0n) is 19.4. The summed E-state index contributed by atoms with van der Waals surface area (Å²) in [5, 5.41) is 0.631. The van der Waals surface area contributed by atoms with Crippen LogP contribution in [0.25, 0.3) is 10.7 Å². The number of pyridine rings is 1. The smallest absolute Gasteiger partial charge is 0.265 e. The number of nitrogens with one attached hydrogen (secondary N) is 1. The summed E-state index contributed by atoms with van der Waals surface area (Å²) < 4.78 is 30.7. The minimum Gasteiger partial charge on any atom is -0.345 e. The molecule has 1 aliphatic rings. The molecule has 3 aromatic rings.